The molecule has 0 saturated heterocycles. The summed E-state index contributed by atoms with van der Waals surface area (Å²) in [6.45, 7) is 1.34. The normalized spacial score (nSPS) is 9.95. The highest BCUT2D eigenvalue weighted by Gasteiger charge is 2.06. The Labute approximate surface area is 111 Å². The molecule has 0 aliphatic carbocycles. The molecular weight excluding hydrogens is 244 g/mol. The number of benzene rings is 2. The molecule has 0 heterocycles. The zero-order valence-electron chi connectivity index (χ0n) is 10.5. The molecule has 0 unspecified atom stereocenters. The third kappa shape index (κ3) is 3.74. The standard InChI is InChI=1S/C15H14O4/c1-11(16)10-18-15-9-13(7-8-14(15)17)19-12-5-3-2-4-6-12/h2-9,17H,10H2,1H3. The molecule has 1 N–H and O–H groups in total. The number of para-hydroxylation sites is 1. The van der Waals surface area contributed by atoms with E-state index < -0.39 is 0 Å². The molecular formula is C15H14O4. The first-order valence-electron chi connectivity index (χ1n) is 5.83. The predicted octanol–water partition coefficient (Wildman–Crippen LogP) is 3.15. The van der Waals surface area contributed by atoms with Crippen LogP contribution in [0.15, 0.2) is 48.5 Å². The smallest absolute Gasteiger partial charge is 0.167 e. The number of rotatable bonds is 5. The maximum absolute atomic E-state index is 10.9. The molecule has 0 atom stereocenters. The second kappa shape index (κ2) is 5.91. The summed E-state index contributed by atoms with van der Waals surface area (Å²) in [5.74, 6) is 1.30. The van der Waals surface area contributed by atoms with E-state index in [2.05, 4.69) is 0 Å². The van der Waals surface area contributed by atoms with Crippen LogP contribution >= 0.6 is 0 Å². The Hall–Kier alpha value is -2.49. The van der Waals surface area contributed by atoms with Gasteiger partial charge in [-0.3, -0.25) is 4.79 Å². The molecule has 0 aliphatic rings. The van der Waals surface area contributed by atoms with Crippen molar-refractivity contribution in [1.29, 1.82) is 0 Å². The lowest BCUT2D eigenvalue weighted by molar-refractivity contribution is -0.118. The van der Waals surface area contributed by atoms with E-state index in [-0.39, 0.29) is 23.9 Å². The van der Waals surface area contributed by atoms with Gasteiger partial charge < -0.3 is 14.6 Å². The highest BCUT2D eigenvalue weighted by atomic mass is 16.5. The lowest BCUT2D eigenvalue weighted by Crippen LogP contribution is -2.06. The van der Waals surface area contributed by atoms with Gasteiger partial charge in [-0.1, -0.05) is 18.2 Å². The summed E-state index contributed by atoms with van der Waals surface area (Å²) in [7, 11) is 0. The van der Waals surface area contributed by atoms with Crippen LogP contribution < -0.4 is 9.47 Å². The summed E-state index contributed by atoms with van der Waals surface area (Å²) in [5.41, 5.74) is 0. The van der Waals surface area contributed by atoms with Crippen molar-refractivity contribution in [3.05, 3.63) is 48.5 Å². The zero-order chi connectivity index (χ0) is 13.7. The van der Waals surface area contributed by atoms with E-state index in [9.17, 15) is 9.90 Å². The monoisotopic (exact) mass is 258 g/mol. The highest BCUT2D eigenvalue weighted by Crippen LogP contribution is 2.32. The minimum atomic E-state index is -0.117. The van der Waals surface area contributed by atoms with Crippen molar-refractivity contribution in [1.82, 2.24) is 0 Å². The number of phenolic OH excluding ortho intramolecular Hbond substituents is 1. The Balaban J connectivity index is 2.14. The van der Waals surface area contributed by atoms with E-state index in [0.29, 0.717) is 11.5 Å². The van der Waals surface area contributed by atoms with Gasteiger partial charge in [-0.15, -0.1) is 0 Å². The van der Waals surface area contributed by atoms with Gasteiger partial charge in [0, 0.05) is 6.07 Å². The van der Waals surface area contributed by atoms with Crippen LogP contribution in [0, 0.1) is 0 Å². The minimum absolute atomic E-state index is 0.0262. The third-order valence-corrected chi connectivity index (χ3v) is 2.34. The molecule has 4 heteroatoms. The molecule has 0 aliphatic heterocycles. The topological polar surface area (TPSA) is 55.8 Å². The molecule has 0 fully saturated rings. The molecule has 2 aromatic rings. The van der Waals surface area contributed by atoms with Gasteiger partial charge in [0.25, 0.3) is 0 Å². The van der Waals surface area contributed by atoms with Crippen LogP contribution in [0.3, 0.4) is 0 Å². The number of ketones is 1. The Bertz CT molecular complexity index is 564. The maximum Gasteiger partial charge on any atom is 0.167 e. The Morgan fingerprint density at radius 2 is 1.84 bits per heavy atom. The fourth-order valence-corrected chi connectivity index (χ4v) is 1.48. The number of carbonyl (C=O) groups excluding carboxylic acids is 1. The van der Waals surface area contributed by atoms with E-state index in [1.165, 1.54) is 13.0 Å². The lowest BCUT2D eigenvalue weighted by Gasteiger charge is -2.10. The second-order valence-corrected chi connectivity index (χ2v) is 4.04. The van der Waals surface area contributed by atoms with Crippen molar-refractivity contribution in [2.24, 2.45) is 0 Å². The van der Waals surface area contributed by atoms with Crippen molar-refractivity contribution >= 4 is 5.78 Å². The summed E-state index contributed by atoms with van der Waals surface area (Å²) < 4.78 is 10.8. The average molecular weight is 258 g/mol. The first-order chi connectivity index (χ1) is 9.15. The molecule has 98 valence electrons. The summed E-state index contributed by atoms with van der Waals surface area (Å²) in [6, 6.07) is 13.9. The summed E-state index contributed by atoms with van der Waals surface area (Å²) in [6.07, 6.45) is 0. The lowest BCUT2D eigenvalue weighted by atomic mass is 10.3. The van der Waals surface area contributed by atoms with Crippen molar-refractivity contribution in [2.75, 3.05) is 6.61 Å². The molecule has 19 heavy (non-hydrogen) atoms. The fourth-order valence-electron chi connectivity index (χ4n) is 1.48. The van der Waals surface area contributed by atoms with Crippen LogP contribution in [-0.4, -0.2) is 17.5 Å². The van der Waals surface area contributed by atoms with Gasteiger partial charge in [-0.25, -0.2) is 0 Å². The van der Waals surface area contributed by atoms with Gasteiger partial charge in [-0.2, -0.15) is 0 Å². The van der Waals surface area contributed by atoms with E-state index in [4.69, 9.17) is 9.47 Å². The Kier molecular flexibility index (Phi) is 4.03. The largest absolute Gasteiger partial charge is 0.504 e. The van der Waals surface area contributed by atoms with E-state index in [1.807, 2.05) is 30.3 Å². The van der Waals surface area contributed by atoms with Crippen LogP contribution in [-0.2, 0) is 4.79 Å². The van der Waals surface area contributed by atoms with E-state index >= 15 is 0 Å². The number of ether oxygens (including phenoxy) is 2. The van der Waals surface area contributed by atoms with E-state index in [1.54, 1.807) is 12.1 Å². The van der Waals surface area contributed by atoms with Crippen LogP contribution in [0.4, 0.5) is 0 Å². The van der Waals surface area contributed by atoms with Gasteiger partial charge in [-0.05, 0) is 31.2 Å². The number of hydrogen-bond acceptors (Lipinski definition) is 4. The Morgan fingerprint density at radius 1 is 1.11 bits per heavy atom. The predicted molar refractivity (Wildman–Crippen MR) is 70.8 cm³/mol. The van der Waals surface area contributed by atoms with Crippen LogP contribution in [0.2, 0.25) is 0 Å². The molecule has 2 aromatic carbocycles. The number of carbonyl (C=O) groups is 1. The van der Waals surface area contributed by atoms with Gasteiger partial charge >= 0.3 is 0 Å². The highest BCUT2D eigenvalue weighted by molar-refractivity contribution is 5.77. The average Bonchev–Trinajstić information content (AvgIpc) is 2.40. The molecule has 4 nitrogen and oxygen atoms in total. The SMILES string of the molecule is CC(=O)COc1cc(Oc2ccccc2)ccc1O. The van der Waals surface area contributed by atoms with Crippen molar-refractivity contribution < 1.29 is 19.4 Å². The van der Waals surface area contributed by atoms with Gasteiger partial charge in [0.15, 0.2) is 17.3 Å². The molecule has 0 aromatic heterocycles. The molecule has 0 amide bonds. The number of hydrogen-bond donors (Lipinski definition) is 1. The minimum Gasteiger partial charge on any atom is -0.504 e. The van der Waals surface area contributed by atoms with Gasteiger partial charge in [0.1, 0.15) is 18.1 Å². The fraction of sp³-hybridized carbons (Fsp3) is 0.133. The van der Waals surface area contributed by atoms with Crippen LogP contribution in [0.1, 0.15) is 6.92 Å². The van der Waals surface area contributed by atoms with E-state index in [0.717, 1.165) is 0 Å². The molecule has 0 spiro atoms. The summed E-state index contributed by atoms with van der Waals surface area (Å²) >= 11 is 0. The molecule has 2 rings (SSSR count). The molecule has 0 saturated carbocycles. The first kappa shape index (κ1) is 13.0. The van der Waals surface area contributed by atoms with Crippen molar-refractivity contribution in [2.45, 2.75) is 6.92 Å². The summed E-state index contributed by atoms with van der Waals surface area (Å²) in [4.78, 5) is 10.9. The van der Waals surface area contributed by atoms with Gasteiger partial charge in [0.2, 0.25) is 0 Å². The molecule has 0 radical (unpaired) electrons. The summed E-state index contributed by atoms with van der Waals surface area (Å²) in [5, 5.41) is 9.62. The Morgan fingerprint density at radius 3 is 2.53 bits per heavy atom. The van der Waals surface area contributed by atoms with Crippen molar-refractivity contribution in [3.8, 4) is 23.0 Å². The second-order valence-electron chi connectivity index (χ2n) is 4.04. The van der Waals surface area contributed by atoms with Crippen molar-refractivity contribution in [3.63, 3.8) is 0 Å². The van der Waals surface area contributed by atoms with Crippen LogP contribution in [0.25, 0.3) is 0 Å². The first-order valence-corrected chi connectivity index (χ1v) is 5.83. The molecule has 0 bridgehead atoms. The third-order valence-electron chi connectivity index (χ3n) is 2.34. The quantitative estimate of drug-likeness (QED) is 0.895. The zero-order valence-corrected chi connectivity index (χ0v) is 10.5. The van der Waals surface area contributed by atoms with Gasteiger partial charge in [0.05, 0.1) is 0 Å². The van der Waals surface area contributed by atoms with Crippen LogP contribution in [0.5, 0.6) is 23.0 Å². The number of Topliss-reactive ketones (excluding diaryl/α,β-unsaturated/α-hetero) is 1. The number of aromatic hydroxyl groups is 1. The number of phenols is 1. The maximum atomic E-state index is 10.9.